The van der Waals surface area contributed by atoms with Gasteiger partial charge in [-0.25, -0.2) is 4.99 Å². The lowest BCUT2D eigenvalue weighted by molar-refractivity contribution is 0.0536. The minimum Gasteiger partial charge on any atom is -0.382 e. The first-order valence-electron chi connectivity index (χ1n) is 10.4. The van der Waals surface area contributed by atoms with Crippen molar-refractivity contribution < 1.29 is 9.47 Å². The van der Waals surface area contributed by atoms with Crippen molar-refractivity contribution in [2.45, 2.75) is 19.9 Å². The second-order valence-corrected chi connectivity index (χ2v) is 7.38. The molecule has 0 radical (unpaired) electrons. The maximum Gasteiger partial charge on any atom is 0.194 e. The number of benzene rings is 1. The molecule has 1 N–H and O–H groups in total. The van der Waals surface area contributed by atoms with E-state index in [4.69, 9.17) is 14.5 Å². The van der Waals surface area contributed by atoms with Crippen LogP contribution in [0.25, 0.3) is 0 Å². The van der Waals surface area contributed by atoms with Crippen molar-refractivity contribution in [2.75, 3.05) is 64.6 Å². The summed E-state index contributed by atoms with van der Waals surface area (Å²) in [6.45, 7) is 9.85. The Balaban J connectivity index is 0.00000300. The molecule has 0 amide bonds. The molecule has 3 rings (SSSR count). The number of hydrogen-bond donors (Lipinski definition) is 1. The quantitative estimate of drug-likeness (QED) is 0.181. The molecular formula is C22H35IN4O2. The number of anilines is 1. The molecule has 0 saturated carbocycles. The average molecular weight is 514 g/mol. The predicted octanol–water partition coefficient (Wildman–Crippen LogP) is 3.13. The van der Waals surface area contributed by atoms with Crippen LogP contribution in [0.1, 0.15) is 18.9 Å². The van der Waals surface area contributed by atoms with Crippen LogP contribution in [0, 0.1) is 5.92 Å². The molecule has 2 heterocycles. The van der Waals surface area contributed by atoms with Gasteiger partial charge in [0.25, 0.3) is 0 Å². The number of ether oxygens (including phenoxy) is 2. The van der Waals surface area contributed by atoms with E-state index in [1.54, 1.807) is 7.11 Å². The standard InChI is InChI=1S/C22H34N4O2.HI/c1-3-23-22(26-12-9-20(17-26)18-28-14-13-27-2)24-16-19-7-6-8-21(15-19)25-10-4-5-11-25;/h4-8,15,20H,3,9-14,16-18H2,1-2H3,(H,23,24);1H. The summed E-state index contributed by atoms with van der Waals surface area (Å²) in [4.78, 5) is 9.65. The van der Waals surface area contributed by atoms with Crippen LogP contribution in [0.3, 0.4) is 0 Å². The molecule has 1 aromatic carbocycles. The summed E-state index contributed by atoms with van der Waals surface area (Å²) in [6, 6.07) is 8.74. The van der Waals surface area contributed by atoms with Gasteiger partial charge in [-0.1, -0.05) is 24.3 Å². The second kappa shape index (κ2) is 13.1. The number of guanidine groups is 1. The fourth-order valence-electron chi connectivity index (χ4n) is 3.69. The molecule has 0 spiro atoms. The molecule has 2 aliphatic rings. The summed E-state index contributed by atoms with van der Waals surface area (Å²) < 4.78 is 10.8. The number of methoxy groups -OCH3 is 1. The van der Waals surface area contributed by atoms with Crippen molar-refractivity contribution in [3.63, 3.8) is 0 Å². The lowest BCUT2D eigenvalue weighted by atomic mass is 10.1. The van der Waals surface area contributed by atoms with Crippen molar-refractivity contribution in [3.8, 4) is 0 Å². The first kappa shape index (κ1) is 24.0. The fraction of sp³-hybridized carbons (Fsp3) is 0.591. The van der Waals surface area contributed by atoms with Gasteiger partial charge in [0.05, 0.1) is 26.4 Å². The Bertz CT molecular complexity index is 660. The van der Waals surface area contributed by atoms with Crippen LogP contribution < -0.4 is 10.2 Å². The van der Waals surface area contributed by atoms with Gasteiger partial charge in [-0.3, -0.25) is 0 Å². The van der Waals surface area contributed by atoms with E-state index in [0.717, 1.165) is 51.7 Å². The molecule has 0 aliphatic carbocycles. The highest BCUT2D eigenvalue weighted by atomic mass is 127. The maximum absolute atomic E-state index is 5.72. The zero-order valence-electron chi connectivity index (χ0n) is 17.7. The fourth-order valence-corrected chi connectivity index (χ4v) is 3.69. The zero-order chi connectivity index (χ0) is 19.6. The summed E-state index contributed by atoms with van der Waals surface area (Å²) in [6.07, 6.45) is 5.59. The number of nitrogens with one attached hydrogen (secondary N) is 1. The van der Waals surface area contributed by atoms with Crippen molar-refractivity contribution >= 4 is 35.6 Å². The largest absolute Gasteiger partial charge is 0.382 e. The number of aliphatic imine (C=N–C) groups is 1. The average Bonchev–Trinajstić information content (AvgIpc) is 3.41. The van der Waals surface area contributed by atoms with Crippen LogP contribution >= 0.6 is 24.0 Å². The monoisotopic (exact) mass is 514 g/mol. The third kappa shape index (κ3) is 7.46. The molecule has 7 heteroatoms. The Kier molecular flexibility index (Phi) is 10.8. The minimum absolute atomic E-state index is 0. The summed E-state index contributed by atoms with van der Waals surface area (Å²) in [5, 5.41) is 3.46. The Morgan fingerprint density at radius 3 is 2.83 bits per heavy atom. The number of hydrogen-bond acceptors (Lipinski definition) is 4. The van der Waals surface area contributed by atoms with Crippen molar-refractivity contribution in [2.24, 2.45) is 10.9 Å². The second-order valence-electron chi connectivity index (χ2n) is 7.38. The van der Waals surface area contributed by atoms with Gasteiger partial charge in [0, 0.05) is 51.4 Å². The molecule has 6 nitrogen and oxygen atoms in total. The van der Waals surface area contributed by atoms with E-state index >= 15 is 0 Å². The highest BCUT2D eigenvalue weighted by Gasteiger charge is 2.25. The van der Waals surface area contributed by atoms with E-state index in [1.165, 1.54) is 11.3 Å². The number of halogens is 1. The van der Waals surface area contributed by atoms with E-state index in [1.807, 2.05) is 0 Å². The van der Waals surface area contributed by atoms with E-state index in [2.05, 4.69) is 58.5 Å². The van der Waals surface area contributed by atoms with Gasteiger partial charge in [-0.2, -0.15) is 0 Å². The minimum atomic E-state index is 0. The Morgan fingerprint density at radius 1 is 1.24 bits per heavy atom. The van der Waals surface area contributed by atoms with Crippen molar-refractivity contribution in [1.29, 1.82) is 0 Å². The summed E-state index contributed by atoms with van der Waals surface area (Å²) in [5.41, 5.74) is 2.52. The topological polar surface area (TPSA) is 49.3 Å². The van der Waals surface area contributed by atoms with Gasteiger partial charge in [-0.05, 0) is 31.0 Å². The van der Waals surface area contributed by atoms with Crippen LogP contribution in [0.4, 0.5) is 5.69 Å². The molecule has 1 unspecified atom stereocenters. The predicted molar refractivity (Wildman–Crippen MR) is 130 cm³/mol. The van der Waals surface area contributed by atoms with E-state index in [0.29, 0.717) is 25.7 Å². The van der Waals surface area contributed by atoms with Gasteiger partial charge < -0.3 is 24.6 Å². The molecule has 0 bridgehead atoms. The highest BCUT2D eigenvalue weighted by molar-refractivity contribution is 14.0. The number of likely N-dealkylation sites (tertiary alicyclic amines) is 1. The van der Waals surface area contributed by atoms with Crippen LogP contribution in [0.5, 0.6) is 0 Å². The molecule has 0 aromatic heterocycles. The van der Waals surface area contributed by atoms with Gasteiger partial charge in [0.15, 0.2) is 5.96 Å². The molecule has 1 fully saturated rings. The third-order valence-electron chi connectivity index (χ3n) is 5.21. The third-order valence-corrected chi connectivity index (χ3v) is 5.21. The van der Waals surface area contributed by atoms with E-state index in [-0.39, 0.29) is 24.0 Å². The number of rotatable bonds is 9. The van der Waals surface area contributed by atoms with Crippen molar-refractivity contribution in [3.05, 3.63) is 42.0 Å². The first-order chi connectivity index (χ1) is 13.8. The summed E-state index contributed by atoms with van der Waals surface area (Å²) in [5.74, 6) is 1.57. The van der Waals surface area contributed by atoms with Gasteiger partial charge in [0.2, 0.25) is 0 Å². The van der Waals surface area contributed by atoms with E-state index in [9.17, 15) is 0 Å². The Morgan fingerprint density at radius 2 is 2.07 bits per heavy atom. The molecule has 29 heavy (non-hydrogen) atoms. The lowest BCUT2D eigenvalue weighted by Crippen LogP contribution is -2.40. The summed E-state index contributed by atoms with van der Waals surface area (Å²) >= 11 is 0. The molecule has 1 aromatic rings. The highest BCUT2D eigenvalue weighted by Crippen LogP contribution is 2.20. The van der Waals surface area contributed by atoms with Gasteiger partial charge >= 0.3 is 0 Å². The smallest absolute Gasteiger partial charge is 0.194 e. The SMILES string of the molecule is CCNC(=NCc1cccc(N2CC=CC2)c1)N1CCC(COCCOC)C1.I. The van der Waals surface area contributed by atoms with Crippen LogP contribution in [-0.2, 0) is 16.0 Å². The summed E-state index contributed by atoms with van der Waals surface area (Å²) in [7, 11) is 1.71. The van der Waals surface area contributed by atoms with Crippen molar-refractivity contribution in [1.82, 2.24) is 10.2 Å². The van der Waals surface area contributed by atoms with Crippen LogP contribution in [0.15, 0.2) is 41.4 Å². The first-order valence-corrected chi connectivity index (χ1v) is 10.4. The molecular weight excluding hydrogens is 479 g/mol. The molecule has 162 valence electrons. The zero-order valence-corrected chi connectivity index (χ0v) is 20.0. The molecule has 1 saturated heterocycles. The molecule has 1 atom stereocenters. The Labute approximate surface area is 192 Å². The van der Waals surface area contributed by atoms with Crippen LogP contribution in [0.2, 0.25) is 0 Å². The molecule has 2 aliphatic heterocycles. The lowest BCUT2D eigenvalue weighted by Gasteiger charge is -2.22. The van der Waals surface area contributed by atoms with Gasteiger partial charge in [-0.15, -0.1) is 24.0 Å². The number of nitrogens with zero attached hydrogens (tertiary/aromatic N) is 3. The maximum atomic E-state index is 5.72. The normalized spacial score (nSPS) is 19.0. The van der Waals surface area contributed by atoms with E-state index < -0.39 is 0 Å². The Hall–Kier alpha value is -1.32. The van der Waals surface area contributed by atoms with Crippen LogP contribution in [-0.4, -0.2) is 70.5 Å². The van der Waals surface area contributed by atoms with Gasteiger partial charge in [0.1, 0.15) is 0 Å².